The van der Waals surface area contributed by atoms with Gasteiger partial charge in [-0.05, 0) is 31.2 Å². The molecule has 0 unspecified atom stereocenters. The Morgan fingerprint density at radius 3 is 2.38 bits per heavy atom. The number of methoxy groups -OCH3 is 3. The Bertz CT molecular complexity index is 911. The highest BCUT2D eigenvalue weighted by molar-refractivity contribution is 5.80. The number of benzene rings is 2. The third kappa shape index (κ3) is 5.76. The Balaban J connectivity index is 1.64. The van der Waals surface area contributed by atoms with E-state index in [4.69, 9.17) is 19.2 Å². The van der Waals surface area contributed by atoms with E-state index >= 15 is 0 Å². The monoisotopic (exact) mass is 442 g/mol. The van der Waals surface area contributed by atoms with Crippen LogP contribution in [0.2, 0.25) is 0 Å². The first kappa shape index (κ1) is 23.5. The Morgan fingerprint density at radius 1 is 0.969 bits per heavy atom. The molecule has 2 N–H and O–H groups in total. The summed E-state index contributed by atoms with van der Waals surface area (Å²) in [7, 11) is 4.92. The van der Waals surface area contributed by atoms with Crippen LogP contribution in [-0.4, -0.2) is 74.9 Å². The molecule has 1 heterocycles. The smallest absolute Gasteiger partial charge is 0.194 e. The average molecular weight is 443 g/mol. The predicted octanol–water partition coefficient (Wildman–Crippen LogP) is 2.70. The highest BCUT2D eigenvalue weighted by atomic mass is 16.5. The maximum Gasteiger partial charge on any atom is 0.194 e. The van der Waals surface area contributed by atoms with E-state index in [1.807, 2.05) is 30.3 Å². The summed E-state index contributed by atoms with van der Waals surface area (Å²) < 4.78 is 16.1. The molecule has 32 heavy (non-hydrogen) atoms. The van der Waals surface area contributed by atoms with Crippen molar-refractivity contribution in [3.8, 4) is 23.0 Å². The largest absolute Gasteiger partial charge is 0.504 e. The third-order valence-corrected chi connectivity index (χ3v) is 5.59. The summed E-state index contributed by atoms with van der Waals surface area (Å²) in [5.41, 5.74) is 1.86. The Kier molecular flexibility index (Phi) is 8.44. The van der Waals surface area contributed by atoms with E-state index in [-0.39, 0.29) is 5.75 Å². The summed E-state index contributed by atoms with van der Waals surface area (Å²) in [5.74, 6) is 3.17. The lowest BCUT2D eigenvalue weighted by molar-refractivity contribution is 0.171. The van der Waals surface area contributed by atoms with Crippen molar-refractivity contribution in [1.82, 2.24) is 15.1 Å². The molecule has 3 rings (SSSR count). The number of aromatic hydroxyl groups is 1. The number of nitrogens with zero attached hydrogens (tertiary/aromatic N) is 3. The summed E-state index contributed by atoms with van der Waals surface area (Å²) in [6.07, 6.45) is 0. The van der Waals surface area contributed by atoms with Crippen LogP contribution in [0.5, 0.6) is 23.0 Å². The third-order valence-electron chi connectivity index (χ3n) is 5.59. The number of piperazine rings is 1. The number of nitrogens with one attached hydrogen (secondary N) is 1. The summed E-state index contributed by atoms with van der Waals surface area (Å²) in [5, 5.41) is 13.7. The molecule has 8 heteroatoms. The average Bonchev–Trinajstić information content (AvgIpc) is 2.83. The van der Waals surface area contributed by atoms with E-state index in [1.165, 1.54) is 0 Å². The number of hydrogen-bond acceptors (Lipinski definition) is 6. The van der Waals surface area contributed by atoms with Gasteiger partial charge in [-0.15, -0.1) is 0 Å². The first-order chi connectivity index (χ1) is 15.6. The van der Waals surface area contributed by atoms with Crippen molar-refractivity contribution >= 4 is 5.96 Å². The highest BCUT2D eigenvalue weighted by Crippen LogP contribution is 2.30. The minimum Gasteiger partial charge on any atom is -0.504 e. The molecule has 0 saturated carbocycles. The van der Waals surface area contributed by atoms with E-state index in [2.05, 4.69) is 22.0 Å². The second-order valence-electron chi connectivity index (χ2n) is 7.58. The SMILES string of the molecule is CCNC(=NCc1cccc(OC)c1O)N1CCN(Cc2cc(OC)ccc2OC)CC1. The molecule has 2 aromatic carbocycles. The number of phenolic OH excluding ortho intramolecular Hbond substituents is 1. The van der Waals surface area contributed by atoms with E-state index in [1.54, 1.807) is 27.4 Å². The van der Waals surface area contributed by atoms with Gasteiger partial charge in [0.1, 0.15) is 11.5 Å². The fraction of sp³-hybridized carbons (Fsp3) is 0.458. The molecule has 0 aromatic heterocycles. The van der Waals surface area contributed by atoms with Crippen molar-refractivity contribution < 1.29 is 19.3 Å². The zero-order valence-electron chi connectivity index (χ0n) is 19.4. The molecule has 174 valence electrons. The van der Waals surface area contributed by atoms with Gasteiger partial charge in [-0.25, -0.2) is 4.99 Å². The molecule has 1 fully saturated rings. The van der Waals surface area contributed by atoms with E-state index in [0.717, 1.165) is 67.9 Å². The van der Waals surface area contributed by atoms with Crippen LogP contribution < -0.4 is 19.5 Å². The second-order valence-corrected chi connectivity index (χ2v) is 7.58. The van der Waals surface area contributed by atoms with Gasteiger partial charge in [-0.3, -0.25) is 4.90 Å². The second kappa shape index (κ2) is 11.5. The first-order valence-electron chi connectivity index (χ1n) is 10.9. The van der Waals surface area contributed by atoms with Crippen molar-refractivity contribution in [2.45, 2.75) is 20.0 Å². The van der Waals surface area contributed by atoms with Gasteiger partial charge in [0.2, 0.25) is 0 Å². The number of phenols is 1. The molecular weight excluding hydrogens is 408 g/mol. The summed E-state index contributed by atoms with van der Waals surface area (Å²) in [4.78, 5) is 9.44. The Morgan fingerprint density at radius 2 is 1.72 bits per heavy atom. The quantitative estimate of drug-likeness (QED) is 0.481. The molecule has 0 spiro atoms. The molecular formula is C24H34N4O4. The van der Waals surface area contributed by atoms with Gasteiger partial charge in [-0.2, -0.15) is 0 Å². The Hall–Kier alpha value is -3.13. The van der Waals surface area contributed by atoms with Crippen LogP contribution in [0.15, 0.2) is 41.4 Å². The summed E-state index contributed by atoms with van der Waals surface area (Å²) in [6, 6.07) is 11.4. The maximum absolute atomic E-state index is 10.3. The normalized spacial score (nSPS) is 14.9. The van der Waals surface area contributed by atoms with E-state index < -0.39 is 0 Å². The Labute approximate surface area is 190 Å². The topological polar surface area (TPSA) is 78.8 Å². The van der Waals surface area contributed by atoms with Crippen molar-refractivity contribution in [2.24, 2.45) is 4.99 Å². The number of aliphatic imine (C=N–C) groups is 1. The number of guanidine groups is 1. The lowest BCUT2D eigenvalue weighted by Crippen LogP contribution is -2.52. The van der Waals surface area contributed by atoms with Crippen LogP contribution in [0.25, 0.3) is 0 Å². The minimum absolute atomic E-state index is 0.145. The zero-order valence-corrected chi connectivity index (χ0v) is 19.4. The molecule has 0 aliphatic carbocycles. The van der Waals surface area contributed by atoms with Gasteiger partial charge in [-0.1, -0.05) is 12.1 Å². The number of hydrogen-bond donors (Lipinski definition) is 2. The van der Waals surface area contributed by atoms with Gasteiger partial charge in [0.05, 0.1) is 27.9 Å². The molecule has 0 atom stereocenters. The van der Waals surface area contributed by atoms with Crippen LogP contribution in [0.1, 0.15) is 18.1 Å². The van der Waals surface area contributed by atoms with Crippen LogP contribution >= 0.6 is 0 Å². The van der Waals surface area contributed by atoms with Gasteiger partial charge in [0.15, 0.2) is 17.5 Å². The van der Waals surface area contributed by atoms with Crippen LogP contribution in [-0.2, 0) is 13.1 Å². The van der Waals surface area contributed by atoms with Crippen molar-refractivity contribution in [3.05, 3.63) is 47.5 Å². The predicted molar refractivity (Wildman–Crippen MR) is 126 cm³/mol. The highest BCUT2D eigenvalue weighted by Gasteiger charge is 2.21. The number of ether oxygens (including phenoxy) is 3. The first-order valence-corrected chi connectivity index (χ1v) is 10.9. The van der Waals surface area contributed by atoms with Gasteiger partial charge < -0.3 is 29.5 Å². The van der Waals surface area contributed by atoms with E-state index in [9.17, 15) is 5.11 Å². The zero-order chi connectivity index (χ0) is 22.9. The van der Waals surface area contributed by atoms with Crippen molar-refractivity contribution in [2.75, 3.05) is 54.1 Å². The summed E-state index contributed by atoms with van der Waals surface area (Å²) in [6.45, 7) is 7.58. The van der Waals surface area contributed by atoms with Crippen LogP contribution in [0, 0.1) is 0 Å². The lowest BCUT2D eigenvalue weighted by atomic mass is 10.1. The van der Waals surface area contributed by atoms with E-state index in [0.29, 0.717) is 12.3 Å². The number of para-hydroxylation sites is 1. The molecule has 0 radical (unpaired) electrons. The maximum atomic E-state index is 10.3. The number of rotatable bonds is 8. The fourth-order valence-electron chi connectivity index (χ4n) is 3.81. The fourth-order valence-corrected chi connectivity index (χ4v) is 3.81. The molecule has 1 aliphatic rings. The summed E-state index contributed by atoms with van der Waals surface area (Å²) >= 11 is 0. The van der Waals surface area contributed by atoms with Gasteiger partial charge >= 0.3 is 0 Å². The standard InChI is InChI=1S/C24H34N4O4/c1-5-25-24(26-16-18-7-6-8-22(32-4)23(18)29)28-13-11-27(12-14-28)17-19-15-20(30-2)9-10-21(19)31-3/h6-10,15,29H,5,11-14,16-17H2,1-4H3,(H,25,26). The van der Waals surface area contributed by atoms with Crippen LogP contribution in [0.4, 0.5) is 0 Å². The van der Waals surface area contributed by atoms with Gasteiger partial charge in [0.25, 0.3) is 0 Å². The molecule has 1 saturated heterocycles. The lowest BCUT2D eigenvalue weighted by Gasteiger charge is -2.36. The molecule has 0 bridgehead atoms. The molecule has 1 aliphatic heterocycles. The minimum atomic E-state index is 0.145. The molecule has 8 nitrogen and oxygen atoms in total. The molecule has 0 amide bonds. The van der Waals surface area contributed by atoms with Crippen LogP contribution in [0.3, 0.4) is 0 Å². The van der Waals surface area contributed by atoms with Crippen molar-refractivity contribution in [1.29, 1.82) is 0 Å². The van der Waals surface area contributed by atoms with Crippen molar-refractivity contribution in [3.63, 3.8) is 0 Å². The van der Waals surface area contributed by atoms with Gasteiger partial charge in [0, 0.05) is 50.4 Å². The molecule has 2 aromatic rings.